The molecule has 0 bridgehead atoms. The van der Waals surface area contributed by atoms with Crippen molar-refractivity contribution in [3.63, 3.8) is 0 Å². The van der Waals surface area contributed by atoms with Gasteiger partial charge < -0.3 is 15.0 Å². The van der Waals surface area contributed by atoms with Crippen molar-refractivity contribution in [2.24, 2.45) is 0 Å². The molecule has 2 aromatic carbocycles. The van der Waals surface area contributed by atoms with Crippen LogP contribution in [-0.4, -0.2) is 22.4 Å². The number of benzene rings is 2. The monoisotopic (exact) mass is 349 g/mol. The molecule has 1 heterocycles. The van der Waals surface area contributed by atoms with Crippen LogP contribution in [0.1, 0.15) is 54.1 Å². The largest absolute Gasteiger partial charge is 0.497 e. The molecular weight excluding hydrogens is 326 g/mol. The number of nitrogens with zero attached hydrogens (tertiary/aromatic N) is 2. The highest BCUT2D eigenvalue weighted by molar-refractivity contribution is 6.10. The highest BCUT2D eigenvalue weighted by Gasteiger charge is 2.21. The summed E-state index contributed by atoms with van der Waals surface area (Å²) in [6, 6.07) is 13.2. The second kappa shape index (κ2) is 6.83. The van der Waals surface area contributed by atoms with Crippen molar-refractivity contribution in [3.8, 4) is 5.75 Å². The number of hydrogen-bond donors (Lipinski definition) is 1. The minimum atomic E-state index is -0.00970. The third-order valence-corrected chi connectivity index (χ3v) is 5.27. The maximum atomic E-state index is 12.9. The minimum absolute atomic E-state index is 0.00970. The van der Waals surface area contributed by atoms with Crippen molar-refractivity contribution in [1.82, 2.24) is 9.55 Å². The van der Waals surface area contributed by atoms with Crippen molar-refractivity contribution in [2.45, 2.75) is 38.1 Å². The maximum Gasteiger partial charge on any atom is 0.201 e. The number of carbonyl (C=O) groups excluding carboxylic acids is 1. The number of carbonyl (C=O) groups is 1. The predicted octanol–water partition coefficient (Wildman–Crippen LogP) is 4.36. The SMILES string of the molecule is COc1ccc(C(=O)c2ccc3nc(N)n(C4CCCCC4)c3c2)cc1. The molecule has 0 amide bonds. The normalized spacial score (nSPS) is 15.3. The average Bonchev–Trinajstić information content (AvgIpc) is 3.03. The third kappa shape index (κ3) is 2.94. The van der Waals surface area contributed by atoms with Crippen LogP contribution in [0.5, 0.6) is 5.75 Å². The Kier molecular flexibility index (Phi) is 4.37. The van der Waals surface area contributed by atoms with Gasteiger partial charge in [-0.1, -0.05) is 19.3 Å². The second-order valence-corrected chi connectivity index (χ2v) is 6.89. The molecule has 0 unspecified atom stereocenters. The molecule has 5 heteroatoms. The number of nitrogens with two attached hydrogens (primary N) is 1. The van der Waals surface area contributed by atoms with Gasteiger partial charge in [-0.2, -0.15) is 0 Å². The molecule has 5 nitrogen and oxygen atoms in total. The summed E-state index contributed by atoms with van der Waals surface area (Å²) in [4.78, 5) is 17.4. The van der Waals surface area contributed by atoms with Crippen LogP contribution >= 0.6 is 0 Å². The first-order valence-electron chi connectivity index (χ1n) is 9.13. The fourth-order valence-electron chi connectivity index (χ4n) is 3.88. The Morgan fingerprint density at radius 1 is 1.08 bits per heavy atom. The fraction of sp³-hybridized carbons (Fsp3) is 0.333. The molecule has 0 spiro atoms. The van der Waals surface area contributed by atoms with Gasteiger partial charge in [-0.25, -0.2) is 4.98 Å². The van der Waals surface area contributed by atoms with Crippen molar-refractivity contribution in [3.05, 3.63) is 53.6 Å². The van der Waals surface area contributed by atoms with Crippen molar-refractivity contribution in [1.29, 1.82) is 0 Å². The summed E-state index contributed by atoms with van der Waals surface area (Å²) in [5.74, 6) is 1.27. The van der Waals surface area contributed by atoms with Gasteiger partial charge in [0.25, 0.3) is 0 Å². The minimum Gasteiger partial charge on any atom is -0.497 e. The lowest BCUT2D eigenvalue weighted by Gasteiger charge is -2.24. The molecule has 2 N–H and O–H groups in total. The predicted molar refractivity (Wildman–Crippen MR) is 103 cm³/mol. The number of anilines is 1. The Morgan fingerprint density at radius 3 is 2.46 bits per heavy atom. The number of imidazole rings is 1. The van der Waals surface area contributed by atoms with E-state index < -0.39 is 0 Å². The molecule has 0 saturated heterocycles. The van der Waals surface area contributed by atoms with E-state index in [-0.39, 0.29) is 5.78 Å². The lowest BCUT2D eigenvalue weighted by atomic mass is 9.95. The molecule has 26 heavy (non-hydrogen) atoms. The van der Waals surface area contributed by atoms with Gasteiger partial charge in [0.1, 0.15) is 5.75 Å². The first kappa shape index (κ1) is 16.6. The van der Waals surface area contributed by atoms with Crippen LogP contribution in [0.4, 0.5) is 5.95 Å². The van der Waals surface area contributed by atoms with Gasteiger partial charge in [-0.3, -0.25) is 4.79 Å². The molecular formula is C21H23N3O2. The van der Waals surface area contributed by atoms with Crippen LogP contribution in [0.2, 0.25) is 0 Å². The van der Waals surface area contributed by atoms with E-state index in [0.717, 1.165) is 29.6 Å². The molecule has 3 aromatic rings. The summed E-state index contributed by atoms with van der Waals surface area (Å²) < 4.78 is 7.29. The zero-order valence-corrected chi connectivity index (χ0v) is 14.9. The van der Waals surface area contributed by atoms with Gasteiger partial charge in [0, 0.05) is 17.2 Å². The molecule has 1 saturated carbocycles. The van der Waals surface area contributed by atoms with Gasteiger partial charge in [0.05, 0.1) is 18.1 Å². The summed E-state index contributed by atoms with van der Waals surface area (Å²) in [6.07, 6.45) is 5.95. The Balaban J connectivity index is 1.72. The molecule has 4 rings (SSSR count). The quantitative estimate of drug-likeness (QED) is 0.710. The Labute approximate surface area is 152 Å². The van der Waals surface area contributed by atoms with E-state index in [0.29, 0.717) is 23.1 Å². The van der Waals surface area contributed by atoms with Crippen molar-refractivity contribution < 1.29 is 9.53 Å². The van der Waals surface area contributed by atoms with Crippen LogP contribution in [0.25, 0.3) is 11.0 Å². The van der Waals surface area contributed by atoms with E-state index in [4.69, 9.17) is 10.5 Å². The lowest BCUT2D eigenvalue weighted by molar-refractivity contribution is 0.103. The molecule has 1 aliphatic carbocycles. The van der Waals surface area contributed by atoms with Crippen molar-refractivity contribution >= 4 is 22.8 Å². The van der Waals surface area contributed by atoms with Gasteiger partial charge in [0.2, 0.25) is 5.95 Å². The van der Waals surface area contributed by atoms with E-state index in [9.17, 15) is 4.79 Å². The Hall–Kier alpha value is -2.82. The molecule has 0 aliphatic heterocycles. The number of methoxy groups -OCH3 is 1. The number of aromatic nitrogens is 2. The Morgan fingerprint density at radius 2 is 1.77 bits per heavy atom. The van der Waals surface area contributed by atoms with Gasteiger partial charge in [-0.15, -0.1) is 0 Å². The standard InChI is InChI=1S/C21H23N3O2/c1-26-17-10-7-14(8-11-17)20(25)15-9-12-18-19(13-15)24(21(22)23-18)16-5-3-2-4-6-16/h7-13,16H,2-6H2,1H3,(H2,22,23). The highest BCUT2D eigenvalue weighted by Crippen LogP contribution is 2.33. The van der Waals surface area contributed by atoms with Crippen LogP contribution in [0.15, 0.2) is 42.5 Å². The van der Waals surface area contributed by atoms with Crippen LogP contribution in [0.3, 0.4) is 0 Å². The number of fused-ring (bicyclic) bond motifs is 1. The summed E-state index contributed by atoms with van der Waals surface area (Å²) >= 11 is 0. The number of ether oxygens (including phenoxy) is 1. The molecule has 134 valence electrons. The third-order valence-electron chi connectivity index (χ3n) is 5.27. The topological polar surface area (TPSA) is 70.1 Å². The van der Waals surface area contributed by atoms with Gasteiger partial charge in [-0.05, 0) is 55.3 Å². The van der Waals surface area contributed by atoms with Crippen molar-refractivity contribution in [2.75, 3.05) is 12.8 Å². The van der Waals surface area contributed by atoms with Crippen LogP contribution in [-0.2, 0) is 0 Å². The van der Waals surface area contributed by atoms with E-state index in [1.54, 1.807) is 31.4 Å². The molecule has 1 fully saturated rings. The molecule has 1 aromatic heterocycles. The number of rotatable bonds is 4. The number of hydrogen-bond acceptors (Lipinski definition) is 4. The second-order valence-electron chi connectivity index (χ2n) is 6.89. The van der Waals surface area contributed by atoms with Gasteiger partial charge in [0.15, 0.2) is 5.78 Å². The summed E-state index contributed by atoms with van der Waals surface area (Å²) in [5, 5.41) is 0. The summed E-state index contributed by atoms with van der Waals surface area (Å²) in [5.41, 5.74) is 9.30. The lowest BCUT2D eigenvalue weighted by Crippen LogP contribution is -2.15. The van der Waals surface area contributed by atoms with E-state index in [2.05, 4.69) is 9.55 Å². The first-order chi connectivity index (χ1) is 12.7. The van der Waals surface area contributed by atoms with Gasteiger partial charge >= 0.3 is 0 Å². The molecule has 1 aliphatic rings. The summed E-state index contributed by atoms with van der Waals surface area (Å²) in [7, 11) is 1.61. The number of ketones is 1. The number of nitrogen functional groups attached to an aromatic ring is 1. The van der Waals surface area contributed by atoms with Crippen LogP contribution in [0, 0.1) is 0 Å². The van der Waals surface area contributed by atoms with E-state index >= 15 is 0 Å². The fourth-order valence-corrected chi connectivity index (χ4v) is 3.88. The van der Waals surface area contributed by atoms with E-state index in [1.165, 1.54) is 19.3 Å². The Bertz CT molecular complexity index is 938. The highest BCUT2D eigenvalue weighted by atomic mass is 16.5. The molecule has 0 atom stereocenters. The zero-order chi connectivity index (χ0) is 18.1. The maximum absolute atomic E-state index is 12.9. The van der Waals surface area contributed by atoms with Crippen LogP contribution < -0.4 is 10.5 Å². The smallest absolute Gasteiger partial charge is 0.201 e. The molecule has 0 radical (unpaired) electrons. The summed E-state index contributed by atoms with van der Waals surface area (Å²) in [6.45, 7) is 0. The first-order valence-corrected chi connectivity index (χ1v) is 9.13. The average molecular weight is 349 g/mol. The van der Waals surface area contributed by atoms with E-state index in [1.807, 2.05) is 18.2 Å². The zero-order valence-electron chi connectivity index (χ0n) is 14.9.